The first kappa shape index (κ1) is 18.8. The maximum Gasteiger partial charge on any atom is 0.0698 e. The molecule has 1 atom stereocenters. The smallest absolute Gasteiger partial charge is 0.0698 e. The van der Waals surface area contributed by atoms with Crippen molar-refractivity contribution in [1.82, 2.24) is 0 Å². The van der Waals surface area contributed by atoms with Crippen LogP contribution >= 0.6 is 23.1 Å². The fourth-order valence-electron chi connectivity index (χ4n) is 4.19. The molecule has 1 N–H and O–H groups in total. The van der Waals surface area contributed by atoms with Gasteiger partial charge in [-0.1, -0.05) is 60.6 Å². The summed E-state index contributed by atoms with van der Waals surface area (Å²) in [5.74, 6) is 1.51. The number of hydrogen-bond donors (Lipinski definition) is 1. The van der Waals surface area contributed by atoms with Gasteiger partial charge in [-0.2, -0.15) is 0 Å². The zero-order chi connectivity index (χ0) is 18.8. The van der Waals surface area contributed by atoms with Crippen LogP contribution in [0.2, 0.25) is 0 Å². The lowest BCUT2D eigenvalue weighted by Crippen LogP contribution is -2.22. The number of rotatable bonds is 5. The molecule has 0 fully saturated rings. The molecule has 2 aliphatic carbocycles. The van der Waals surface area contributed by atoms with Crippen molar-refractivity contribution in [2.75, 3.05) is 0 Å². The highest BCUT2D eigenvalue weighted by molar-refractivity contribution is 8.00. The van der Waals surface area contributed by atoms with Crippen LogP contribution < -0.4 is 0 Å². The van der Waals surface area contributed by atoms with Crippen molar-refractivity contribution in [1.29, 1.82) is 5.41 Å². The van der Waals surface area contributed by atoms with E-state index >= 15 is 0 Å². The number of nitrogens with one attached hydrogen (secondary N) is 1. The maximum atomic E-state index is 8.78. The van der Waals surface area contributed by atoms with Crippen molar-refractivity contribution < 1.29 is 0 Å². The van der Waals surface area contributed by atoms with Crippen LogP contribution in [0.25, 0.3) is 0 Å². The minimum absolute atomic E-state index is 0.528. The summed E-state index contributed by atoms with van der Waals surface area (Å²) in [6.07, 6.45) is 10.3. The minimum atomic E-state index is 0.528. The Labute approximate surface area is 171 Å². The molecule has 1 aromatic carbocycles. The predicted molar refractivity (Wildman–Crippen MR) is 119 cm³/mol. The van der Waals surface area contributed by atoms with Crippen LogP contribution in [0.1, 0.15) is 54.2 Å². The maximum absolute atomic E-state index is 8.78. The summed E-state index contributed by atoms with van der Waals surface area (Å²) in [6, 6.07) is 10.7. The van der Waals surface area contributed by atoms with Gasteiger partial charge in [0.25, 0.3) is 0 Å². The molecule has 0 saturated carbocycles. The second-order valence-electron chi connectivity index (χ2n) is 7.58. The minimum Gasteiger partial charge on any atom is -0.305 e. The molecule has 2 aromatic rings. The largest absolute Gasteiger partial charge is 0.305 e. The van der Waals surface area contributed by atoms with Crippen molar-refractivity contribution in [3.8, 4) is 0 Å². The highest BCUT2D eigenvalue weighted by Crippen LogP contribution is 2.44. The van der Waals surface area contributed by atoms with Crippen LogP contribution in [-0.2, 0) is 12.2 Å². The lowest BCUT2D eigenvalue weighted by Gasteiger charge is -2.28. The van der Waals surface area contributed by atoms with Crippen molar-refractivity contribution in [3.63, 3.8) is 0 Å². The molecular formula is C24H27NS2. The summed E-state index contributed by atoms with van der Waals surface area (Å²) >= 11 is 3.80. The van der Waals surface area contributed by atoms with E-state index in [9.17, 15) is 0 Å². The fraction of sp³-hybridized carbons (Fsp3) is 0.375. The standard InChI is InChI=1S/C24H27NS2/c1-3-17-9-11-19(12-10-17)20-13-21-16(2)27-24(23(21)22(25)14-20)26-15-18-7-5-4-6-8-18/h4-9,11,20,25H,3,10,12-15H2,1-2H3. The Hall–Kier alpha value is -1.58. The van der Waals surface area contributed by atoms with E-state index < -0.39 is 0 Å². The summed E-state index contributed by atoms with van der Waals surface area (Å²) in [5.41, 5.74) is 8.04. The van der Waals surface area contributed by atoms with Crippen LogP contribution in [0.5, 0.6) is 0 Å². The van der Waals surface area contributed by atoms with Gasteiger partial charge >= 0.3 is 0 Å². The van der Waals surface area contributed by atoms with Gasteiger partial charge in [0, 0.05) is 21.9 Å². The van der Waals surface area contributed by atoms with E-state index in [1.54, 1.807) is 11.1 Å². The second kappa shape index (κ2) is 8.20. The van der Waals surface area contributed by atoms with Crippen molar-refractivity contribution in [2.24, 2.45) is 5.92 Å². The molecule has 0 saturated heterocycles. The fourth-order valence-corrected chi connectivity index (χ4v) is 6.79. The first-order valence-electron chi connectivity index (χ1n) is 9.91. The third-order valence-corrected chi connectivity index (χ3v) is 8.33. The van der Waals surface area contributed by atoms with E-state index in [-0.39, 0.29) is 0 Å². The highest BCUT2D eigenvalue weighted by atomic mass is 32.2. The van der Waals surface area contributed by atoms with Crippen LogP contribution in [0.3, 0.4) is 0 Å². The van der Waals surface area contributed by atoms with Crippen LogP contribution in [-0.4, -0.2) is 5.71 Å². The monoisotopic (exact) mass is 393 g/mol. The lowest BCUT2D eigenvalue weighted by atomic mass is 9.77. The summed E-state index contributed by atoms with van der Waals surface area (Å²) in [5, 5.41) is 8.78. The molecule has 2 aliphatic rings. The molecule has 1 heterocycles. The molecule has 27 heavy (non-hydrogen) atoms. The van der Waals surface area contributed by atoms with Gasteiger partial charge in [0.1, 0.15) is 0 Å². The Kier molecular flexibility index (Phi) is 5.70. The van der Waals surface area contributed by atoms with Crippen LogP contribution in [0.15, 0.2) is 57.8 Å². The van der Waals surface area contributed by atoms with Gasteiger partial charge in [-0.15, -0.1) is 23.1 Å². The molecule has 0 amide bonds. The SMILES string of the molecule is CCC1=CC=C(C2CC(=N)c3c(SCc4ccccc4)sc(C)c3C2)CC1. The van der Waals surface area contributed by atoms with Gasteiger partial charge in [-0.05, 0) is 56.1 Å². The topological polar surface area (TPSA) is 23.9 Å². The van der Waals surface area contributed by atoms with E-state index in [1.807, 2.05) is 23.1 Å². The first-order valence-corrected chi connectivity index (χ1v) is 11.7. The molecule has 1 unspecified atom stereocenters. The van der Waals surface area contributed by atoms with Crippen molar-refractivity contribution in [3.05, 3.63) is 75.2 Å². The van der Waals surface area contributed by atoms with E-state index in [2.05, 4.69) is 56.3 Å². The third-order valence-electron chi connectivity index (χ3n) is 5.84. The molecule has 3 heteroatoms. The number of hydrogen-bond acceptors (Lipinski definition) is 3. The van der Waals surface area contributed by atoms with Gasteiger partial charge in [0.05, 0.1) is 4.21 Å². The number of thiophene rings is 1. The molecule has 140 valence electrons. The van der Waals surface area contributed by atoms with Gasteiger partial charge in [0.2, 0.25) is 0 Å². The average Bonchev–Trinajstić information content (AvgIpc) is 3.03. The van der Waals surface area contributed by atoms with E-state index in [0.29, 0.717) is 5.92 Å². The van der Waals surface area contributed by atoms with Gasteiger partial charge in [-0.25, -0.2) is 0 Å². The van der Waals surface area contributed by atoms with Gasteiger partial charge in [-0.3, -0.25) is 0 Å². The van der Waals surface area contributed by atoms with Crippen LogP contribution in [0.4, 0.5) is 0 Å². The summed E-state index contributed by atoms with van der Waals surface area (Å²) in [6.45, 7) is 4.49. The average molecular weight is 394 g/mol. The molecule has 1 aromatic heterocycles. The van der Waals surface area contributed by atoms with Gasteiger partial charge < -0.3 is 5.41 Å². The molecular weight excluding hydrogens is 366 g/mol. The number of benzene rings is 1. The Morgan fingerprint density at radius 1 is 1.11 bits per heavy atom. The third kappa shape index (κ3) is 4.00. The number of fused-ring (bicyclic) bond motifs is 1. The second-order valence-corrected chi connectivity index (χ2v) is 10.0. The Balaban J connectivity index is 1.54. The summed E-state index contributed by atoms with van der Waals surface area (Å²) < 4.78 is 1.35. The Morgan fingerprint density at radius 3 is 2.63 bits per heavy atom. The first-order chi connectivity index (χ1) is 13.2. The zero-order valence-corrected chi connectivity index (χ0v) is 17.8. The molecule has 0 radical (unpaired) electrons. The van der Waals surface area contributed by atoms with Crippen molar-refractivity contribution in [2.45, 2.75) is 55.9 Å². The molecule has 1 nitrogen and oxygen atoms in total. The molecule has 4 rings (SSSR count). The Bertz CT molecular complexity index is 902. The van der Waals surface area contributed by atoms with Crippen molar-refractivity contribution >= 4 is 28.8 Å². The van der Waals surface area contributed by atoms with E-state index in [1.165, 1.54) is 45.0 Å². The van der Waals surface area contributed by atoms with Crippen LogP contribution in [0, 0.1) is 18.3 Å². The summed E-state index contributed by atoms with van der Waals surface area (Å²) in [7, 11) is 0. The van der Waals surface area contributed by atoms with E-state index in [0.717, 1.165) is 24.3 Å². The number of allylic oxidation sites excluding steroid dienone is 4. The molecule has 0 bridgehead atoms. The van der Waals surface area contributed by atoms with E-state index in [4.69, 9.17) is 5.41 Å². The molecule has 0 aliphatic heterocycles. The normalized spacial score (nSPS) is 19.5. The summed E-state index contributed by atoms with van der Waals surface area (Å²) in [4.78, 5) is 1.41. The Morgan fingerprint density at radius 2 is 1.93 bits per heavy atom. The zero-order valence-electron chi connectivity index (χ0n) is 16.2. The quantitative estimate of drug-likeness (QED) is 0.528. The lowest BCUT2D eigenvalue weighted by molar-refractivity contribution is 0.584. The number of thioether (sulfide) groups is 1. The number of aryl methyl sites for hydroxylation is 1. The predicted octanol–water partition coefficient (Wildman–Crippen LogP) is 7.34. The van der Waals surface area contributed by atoms with Gasteiger partial charge in [0.15, 0.2) is 0 Å². The molecule has 0 spiro atoms. The highest BCUT2D eigenvalue weighted by Gasteiger charge is 2.30.